The summed E-state index contributed by atoms with van der Waals surface area (Å²) in [5.41, 5.74) is 0. The average Bonchev–Trinajstić information content (AvgIpc) is 2.03. The predicted octanol–water partition coefficient (Wildman–Crippen LogP) is 2.17. The van der Waals surface area contributed by atoms with Gasteiger partial charge in [-0.2, -0.15) is 13.5 Å². The van der Waals surface area contributed by atoms with Crippen LogP contribution >= 0.6 is 57.4 Å². The van der Waals surface area contributed by atoms with Gasteiger partial charge in [-0.3, -0.25) is 0 Å². The molecule has 0 aliphatic rings. The molecule has 0 rings (SSSR count). The maximum atomic E-state index is 5.16. The van der Waals surface area contributed by atoms with Gasteiger partial charge in [0.1, 0.15) is 0 Å². The monoisotopic (exact) mass is 338 g/mol. The molecule has 0 radical (unpaired) electrons. The Hall–Kier alpha value is 1.45. The Balaban J connectivity index is 0. The van der Waals surface area contributed by atoms with Crippen molar-refractivity contribution in [1.29, 1.82) is 0 Å². The first-order chi connectivity index (χ1) is 5.95. The van der Waals surface area contributed by atoms with Crippen LogP contribution in [0.3, 0.4) is 0 Å². The number of thiocarbonyl (C=S) groups is 2. The molecule has 0 aromatic rings. The summed E-state index contributed by atoms with van der Waals surface area (Å²) in [5, 5.41) is 0. The maximum absolute atomic E-state index is 5.16. The minimum Gasteiger partial charge on any atom is -0.197 e. The molecule has 0 N–H and O–H groups in total. The Bertz CT molecular complexity index is 177. The molecule has 0 aromatic heterocycles. The fraction of sp³-hybridized carbons (Fsp3) is 0.667. The van der Waals surface area contributed by atoms with Gasteiger partial charge in [0.2, 0.25) is 0 Å². The third-order valence-corrected chi connectivity index (χ3v) is 15.2. The van der Waals surface area contributed by atoms with Gasteiger partial charge < -0.3 is 0 Å². The van der Waals surface area contributed by atoms with Crippen LogP contribution in [0.2, 0.25) is 0 Å². The Kier molecular flexibility index (Phi) is 12.3. The van der Waals surface area contributed by atoms with Crippen LogP contribution in [0, 0.1) is 0 Å². The van der Waals surface area contributed by atoms with Gasteiger partial charge in [0.15, 0.2) is 0 Å². The van der Waals surface area contributed by atoms with Crippen molar-refractivity contribution >= 4 is 66.1 Å². The van der Waals surface area contributed by atoms with Crippen LogP contribution in [0.5, 0.6) is 0 Å². The standard InChI is InChI=1S/2C3H7NS2.H2S.Zn/c2*1-4(2)3(5)6;;/h2*1-2H3,(H,5,6);1H2;/q;;;+2/p-2. The van der Waals surface area contributed by atoms with Gasteiger partial charge in [-0.15, -0.1) is 0 Å². The minimum atomic E-state index is -0.716. The molecule has 0 amide bonds. The van der Waals surface area contributed by atoms with Crippen LogP contribution in [0.15, 0.2) is 0 Å². The molecular formula is C6H14N2S5Zn. The van der Waals surface area contributed by atoms with Gasteiger partial charge in [-0.25, -0.2) is 0 Å². The molecule has 2 nitrogen and oxygen atoms in total. The summed E-state index contributed by atoms with van der Waals surface area (Å²) in [6, 6.07) is 0. The number of nitrogens with zero attached hydrogens (tertiary/aromatic N) is 2. The normalized spacial score (nSPS) is 8.29. The second-order valence-electron chi connectivity index (χ2n) is 2.73. The van der Waals surface area contributed by atoms with Crippen LogP contribution in [-0.2, 0) is 14.7 Å². The second-order valence-corrected chi connectivity index (χ2v) is 14.4. The van der Waals surface area contributed by atoms with E-state index in [0.717, 1.165) is 8.64 Å². The summed E-state index contributed by atoms with van der Waals surface area (Å²) in [7, 11) is 11.6. The van der Waals surface area contributed by atoms with Crippen molar-refractivity contribution in [3.05, 3.63) is 0 Å². The molecule has 0 aromatic carbocycles. The smallest absolute Gasteiger partial charge is 0.197 e. The van der Waals surface area contributed by atoms with E-state index in [1.165, 1.54) is 0 Å². The molecular weight excluding hydrogens is 326 g/mol. The fourth-order valence-electron chi connectivity index (χ4n) is 0.388. The summed E-state index contributed by atoms with van der Waals surface area (Å²) >= 11 is 9.61. The van der Waals surface area contributed by atoms with Crippen LogP contribution in [-0.4, -0.2) is 46.6 Å². The van der Waals surface area contributed by atoms with E-state index in [1.54, 1.807) is 0 Å². The first-order valence-electron chi connectivity index (χ1n) is 3.63. The third-order valence-electron chi connectivity index (χ3n) is 1.10. The summed E-state index contributed by atoms with van der Waals surface area (Å²) in [4.78, 5) is 3.95. The summed E-state index contributed by atoms with van der Waals surface area (Å²) in [6.07, 6.45) is 0. The van der Waals surface area contributed by atoms with Gasteiger partial charge in [0.25, 0.3) is 0 Å². The van der Waals surface area contributed by atoms with E-state index in [0.29, 0.717) is 0 Å². The molecule has 0 heterocycles. The molecule has 0 saturated carbocycles. The molecule has 0 spiro atoms. The molecule has 0 aliphatic heterocycles. The average molecular weight is 340 g/mol. The van der Waals surface area contributed by atoms with Crippen molar-refractivity contribution in [3.63, 3.8) is 0 Å². The molecule has 0 aliphatic carbocycles. The van der Waals surface area contributed by atoms with Crippen molar-refractivity contribution in [1.82, 2.24) is 9.80 Å². The molecule has 14 heavy (non-hydrogen) atoms. The van der Waals surface area contributed by atoms with Gasteiger partial charge >= 0.3 is 105 Å². The Labute approximate surface area is 118 Å². The zero-order valence-electron chi connectivity index (χ0n) is 8.73. The minimum absolute atomic E-state index is 0. The summed E-state index contributed by atoms with van der Waals surface area (Å²) in [6.45, 7) is 0. The van der Waals surface area contributed by atoms with Crippen LogP contribution in [0.4, 0.5) is 0 Å². The van der Waals surface area contributed by atoms with E-state index < -0.39 is 14.7 Å². The molecule has 80 valence electrons. The van der Waals surface area contributed by atoms with Crippen LogP contribution in [0.1, 0.15) is 0 Å². The largest absolute Gasteiger partial charge is 0.197 e. The first kappa shape index (κ1) is 17.8. The predicted molar refractivity (Wildman–Crippen MR) is 78.1 cm³/mol. The van der Waals surface area contributed by atoms with Crippen molar-refractivity contribution in [3.8, 4) is 0 Å². The van der Waals surface area contributed by atoms with Crippen molar-refractivity contribution in [2.24, 2.45) is 0 Å². The molecule has 0 atom stereocenters. The van der Waals surface area contributed by atoms with Gasteiger partial charge in [-0.1, -0.05) is 0 Å². The molecule has 0 unspecified atom stereocenters. The summed E-state index contributed by atoms with van der Waals surface area (Å²) < 4.78 is 1.96. The van der Waals surface area contributed by atoms with E-state index >= 15 is 0 Å². The number of rotatable bonds is 2. The van der Waals surface area contributed by atoms with E-state index in [2.05, 4.69) is 0 Å². The summed E-state index contributed by atoms with van der Waals surface area (Å²) in [5.74, 6) is 0. The Morgan fingerprint density at radius 3 is 1.43 bits per heavy atom. The molecule has 0 fully saturated rings. The topological polar surface area (TPSA) is 6.48 Å². The third kappa shape index (κ3) is 8.74. The fourth-order valence-corrected chi connectivity index (χ4v) is 14.6. The maximum Gasteiger partial charge on any atom is -0.197 e. The van der Waals surface area contributed by atoms with Gasteiger partial charge in [-0.05, 0) is 0 Å². The zero-order chi connectivity index (χ0) is 10.4. The van der Waals surface area contributed by atoms with E-state index in [-0.39, 0.29) is 13.5 Å². The number of hydrogen-bond acceptors (Lipinski definition) is 4. The molecule has 0 bridgehead atoms. The van der Waals surface area contributed by atoms with Crippen LogP contribution in [0.25, 0.3) is 0 Å². The zero-order valence-corrected chi connectivity index (χ0v) is 16.0. The molecule has 0 saturated heterocycles. The van der Waals surface area contributed by atoms with E-state index in [9.17, 15) is 0 Å². The van der Waals surface area contributed by atoms with Crippen molar-refractivity contribution in [2.45, 2.75) is 0 Å². The Morgan fingerprint density at radius 2 is 1.21 bits per heavy atom. The SMILES string of the molecule is CN(C)C(=S)[S][Zn][S]C(=S)N(C)C.S. The van der Waals surface area contributed by atoms with E-state index in [1.807, 2.05) is 57.5 Å². The first-order valence-corrected chi connectivity index (χ1v) is 13.7. The van der Waals surface area contributed by atoms with Gasteiger partial charge in [0, 0.05) is 0 Å². The van der Waals surface area contributed by atoms with Crippen LogP contribution < -0.4 is 0 Å². The quantitative estimate of drug-likeness (QED) is 0.558. The number of hydrogen-bond donors (Lipinski definition) is 0. The second kappa shape index (κ2) is 9.66. The van der Waals surface area contributed by atoms with Gasteiger partial charge in [0.05, 0.1) is 0 Å². The Morgan fingerprint density at radius 1 is 0.929 bits per heavy atom. The van der Waals surface area contributed by atoms with Crippen molar-refractivity contribution in [2.75, 3.05) is 28.2 Å². The van der Waals surface area contributed by atoms with Crippen molar-refractivity contribution < 1.29 is 14.7 Å². The molecule has 8 heteroatoms. The van der Waals surface area contributed by atoms with E-state index in [4.69, 9.17) is 24.4 Å².